The number of carboxylic acid groups (broad SMARTS) is 2. The van der Waals surface area contributed by atoms with Gasteiger partial charge in [0, 0.05) is 18.8 Å². The Morgan fingerprint density at radius 3 is 1.91 bits per heavy atom. The van der Waals surface area contributed by atoms with Gasteiger partial charge in [-0.25, -0.2) is 9.59 Å². The van der Waals surface area contributed by atoms with Crippen LogP contribution in [0, 0.1) is 0 Å². The van der Waals surface area contributed by atoms with E-state index in [1.165, 1.54) is 14.0 Å². The van der Waals surface area contributed by atoms with E-state index in [1.807, 2.05) is 0 Å². The highest BCUT2D eigenvalue weighted by Crippen LogP contribution is 1.85. The Kier molecular flexibility index (Phi) is 23.0. The minimum Gasteiger partial charge on any atom is -0.478 e. The molecule has 0 aromatic carbocycles. The van der Waals surface area contributed by atoms with Gasteiger partial charge in [-0.15, -0.1) is 0 Å². The van der Waals surface area contributed by atoms with Crippen LogP contribution in [0.3, 0.4) is 0 Å². The third-order valence-corrected chi connectivity index (χ3v) is 1.68. The van der Waals surface area contributed by atoms with Crippen LogP contribution in [-0.2, 0) is 23.8 Å². The number of carbonyl (C=O) groups is 2. The summed E-state index contributed by atoms with van der Waals surface area (Å²) in [7, 11) is 1.40. The summed E-state index contributed by atoms with van der Waals surface area (Å²) in [6.07, 6.45) is -0.0390. The molecule has 0 rings (SSSR count). The molecular weight excluding hydrogens is 312 g/mol. The van der Waals surface area contributed by atoms with Crippen molar-refractivity contribution in [1.29, 1.82) is 0 Å². The van der Waals surface area contributed by atoms with Crippen LogP contribution in [0.5, 0.6) is 0 Å². The number of hydrogen-bond donors (Lipinski definition) is 4. The molecule has 1 atom stereocenters. The van der Waals surface area contributed by atoms with Crippen molar-refractivity contribution in [2.75, 3.05) is 40.1 Å². The van der Waals surface area contributed by atoms with Crippen molar-refractivity contribution in [1.82, 2.24) is 0 Å². The summed E-state index contributed by atoms with van der Waals surface area (Å²) in [5, 5.41) is 32.7. The molecule has 0 fully saturated rings. The van der Waals surface area contributed by atoms with Gasteiger partial charge in [0.15, 0.2) is 6.29 Å². The largest absolute Gasteiger partial charge is 0.478 e. The third-order valence-electron chi connectivity index (χ3n) is 1.68. The van der Waals surface area contributed by atoms with Crippen LogP contribution in [0.4, 0.5) is 0 Å². The molecule has 0 radical (unpaired) electrons. The Balaban J connectivity index is -0.000000303. The lowest BCUT2D eigenvalue weighted by molar-refractivity contribution is -0.133. The molecule has 0 spiro atoms. The molecule has 9 heteroatoms. The molecule has 0 aromatic rings. The van der Waals surface area contributed by atoms with Crippen LogP contribution in [-0.4, -0.2) is 78.8 Å². The first-order chi connectivity index (χ1) is 10.7. The third kappa shape index (κ3) is 33.2. The maximum atomic E-state index is 9.60. The van der Waals surface area contributed by atoms with Crippen molar-refractivity contribution in [3.63, 3.8) is 0 Å². The second-order valence-corrected chi connectivity index (χ2v) is 3.73. The monoisotopic (exact) mass is 338 g/mol. The highest BCUT2D eigenvalue weighted by molar-refractivity contribution is 5.84. The molecule has 0 aliphatic heterocycles. The molecule has 0 saturated heterocycles. The zero-order valence-corrected chi connectivity index (χ0v) is 13.4. The Morgan fingerprint density at radius 2 is 1.61 bits per heavy atom. The second kappa shape index (κ2) is 20.2. The zero-order valence-electron chi connectivity index (χ0n) is 13.4. The summed E-state index contributed by atoms with van der Waals surface area (Å²) >= 11 is 0. The highest BCUT2D eigenvalue weighted by atomic mass is 16.6. The lowest BCUT2D eigenvalue weighted by Gasteiger charge is -2.08. The van der Waals surface area contributed by atoms with Crippen molar-refractivity contribution in [2.24, 2.45) is 0 Å². The Morgan fingerprint density at radius 1 is 1.17 bits per heavy atom. The summed E-state index contributed by atoms with van der Waals surface area (Å²) in [6.45, 7) is 8.83. The number of aliphatic hydroxyl groups is 2. The average Bonchev–Trinajstić information content (AvgIpc) is 2.51. The van der Waals surface area contributed by atoms with E-state index in [0.717, 1.165) is 6.08 Å². The number of hydrogen-bond acceptors (Lipinski definition) is 7. The SMILES string of the molecule is C=C(C)C(=O)O.C=CC(=O)O.COC(O)COCCOCCO. The van der Waals surface area contributed by atoms with Gasteiger partial charge in [-0.2, -0.15) is 0 Å². The van der Waals surface area contributed by atoms with E-state index in [4.69, 9.17) is 29.9 Å². The van der Waals surface area contributed by atoms with E-state index in [2.05, 4.69) is 17.9 Å². The van der Waals surface area contributed by atoms with Gasteiger partial charge in [0.25, 0.3) is 0 Å². The molecule has 23 heavy (non-hydrogen) atoms. The van der Waals surface area contributed by atoms with Gasteiger partial charge in [0.05, 0.1) is 33.0 Å². The second-order valence-electron chi connectivity index (χ2n) is 3.73. The van der Waals surface area contributed by atoms with Crippen molar-refractivity contribution in [2.45, 2.75) is 13.2 Å². The zero-order chi connectivity index (χ0) is 18.7. The molecule has 4 N–H and O–H groups in total. The van der Waals surface area contributed by atoms with Crippen LogP contribution >= 0.6 is 0 Å². The van der Waals surface area contributed by atoms with Crippen molar-refractivity contribution in [3.8, 4) is 0 Å². The maximum Gasteiger partial charge on any atom is 0.330 e. The van der Waals surface area contributed by atoms with Gasteiger partial charge in [-0.3, -0.25) is 0 Å². The smallest absolute Gasteiger partial charge is 0.330 e. The lowest BCUT2D eigenvalue weighted by atomic mass is 10.4. The quantitative estimate of drug-likeness (QED) is 0.243. The van der Waals surface area contributed by atoms with Gasteiger partial charge in [0.1, 0.15) is 0 Å². The van der Waals surface area contributed by atoms with Crippen LogP contribution < -0.4 is 0 Å². The Bertz CT molecular complexity index is 316. The van der Waals surface area contributed by atoms with Gasteiger partial charge in [0.2, 0.25) is 0 Å². The molecule has 9 nitrogen and oxygen atoms in total. The Labute approximate surface area is 135 Å². The summed E-state index contributed by atoms with van der Waals surface area (Å²) in [4.78, 5) is 18.8. The molecule has 1 unspecified atom stereocenters. The van der Waals surface area contributed by atoms with E-state index in [-0.39, 0.29) is 18.8 Å². The van der Waals surface area contributed by atoms with Crippen molar-refractivity contribution < 1.29 is 44.2 Å². The first-order valence-corrected chi connectivity index (χ1v) is 6.44. The molecule has 0 saturated carbocycles. The van der Waals surface area contributed by atoms with Crippen LogP contribution in [0.2, 0.25) is 0 Å². The Hall–Kier alpha value is -1.78. The topological polar surface area (TPSA) is 143 Å². The minimum atomic E-state index is -0.981. The first-order valence-electron chi connectivity index (χ1n) is 6.44. The van der Waals surface area contributed by atoms with Crippen molar-refractivity contribution >= 4 is 11.9 Å². The fourth-order valence-corrected chi connectivity index (χ4v) is 0.537. The van der Waals surface area contributed by atoms with Gasteiger partial charge in [-0.05, 0) is 6.92 Å². The van der Waals surface area contributed by atoms with Crippen LogP contribution in [0.1, 0.15) is 6.92 Å². The van der Waals surface area contributed by atoms with Gasteiger partial charge >= 0.3 is 11.9 Å². The highest BCUT2D eigenvalue weighted by Gasteiger charge is 1.99. The molecule has 0 amide bonds. The minimum absolute atomic E-state index is 0.0146. The van der Waals surface area contributed by atoms with E-state index in [0.29, 0.717) is 19.8 Å². The molecule has 0 aliphatic carbocycles. The summed E-state index contributed by atoms with van der Waals surface area (Å²) in [5.41, 5.74) is 0.176. The molecule has 0 bridgehead atoms. The number of ether oxygens (including phenoxy) is 3. The molecule has 136 valence electrons. The van der Waals surface area contributed by atoms with Crippen molar-refractivity contribution in [3.05, 3.63) is 24.8 Å². The first kappa shape index (κ1) is 26.1. The number of aliphatic carboxylic acids is 2. The summed E-state index contributed by atoms with van der Waals surface area (Å²) in [6, 6.07) is 0. The van der Waals surface area contributed by atoms with E-state index in [9.17, 15) is 9.59 Å². The van der Waals surface area contributed by atoms with E-state index < -0.39 is 18.2 Å². The van der Waals surface area contributed by atoms with Gasteiger partial charge < -0.3 is 34.6 Å². The average molecular weight is 338 g/mol. The van der Waals surface area contributed by atoms with Gasteiger partial charge in [-0.1, -0.05) is 13.2 Å². The summed E-state index contributed by atoms with van der Waals surface area (Å²) in [5.74, 6) is -1.92. The molecule has 0 aliphatic rings. The fraction of sp³-hybridized carbons (Fsp3) is 0.571. The molecule has 0 aromatic heterocycles. The molecular formula is C14H26O9. The maximum absolute atomic E-state index is 9.60. The standard InChI is InChI=1S/C7H16O5.C4H6O2.C3H4O2/c1-10-7(9)6-12-5-4-11-3-2-8;1-3(2)4(5)6;1-2-3(4)5/h7-9H,2-6H2,1H3;1H2,2H3,(H,5,6);2H,1H2,(H,4,5). The number of carboxylic acids is 2. The van der Waals surface area contributed by atoms with Crippen LogP contribution in [0.25, 0.3) is 0 Å². The van der Waals surface area contributed by atoms with Crippen LogP contribution in [0.15, 0.2) is 24.8 Å². The summed E-state index contributed by atoms with van der Waals surface area (Å²) < 4.78 is 14.4. The predicted octanol–water partition coefficient (Wildman–Crippen LogP) is -0.119. The lowest BCUT2D eigenvalue weighted by Crippen LogP contribution is -2.19. The number of rotatable bonds is 10. The normalized spacial score (nSPS) is 10.3. The van der Waals surface area contributed by atoms with E-state index in [1.54, 1.807) is 0 Å². The number of aliphatic hydroxyl groups excluding tert-OH is 2. The molecule has 0 heterocycles. The fourth-order valence-electron chi connectivity index (χ4n) is 0.537. The number of methoxy groups -OCH3 is 1. The predicted molar refractivity (Wildman–Crippen MR) is 82.0 cm³/mol. The van der Waals surface area contributed by atoms with E-state index >= 15 is 0 Å².